The molecule has 3 aromatic rings. The minimum Gasteiger partial charge on any atom is -0.489 e. The molecule has 0 aliphatic heterocycles. The zero-order valence-electron chi connectivity index (χ0n) is 15.9. The Bertz CT molecular complexity index is 882. The number of fused-ring (bicyclic) bond motifs is 2. The van der Waals surface area contributed by atoms with E-state index in [4.69, 9.17) is 9.47 Å². The summed E-state index contributed by atoms with van der Waals surface area (Å²) >= 11 is 0. The summed E-state index contributed by atoms with van der Waals surface area (Å²) in [7, 11) is 0. The maximum Gasteiger partial charge on any atom is 0.135 e. The number of hydrogen-bond acceptors (Lipinski definition) is 2. The molecule has 0 N–H and O–H groups in total. The highest BCUT2D eigenvalue weighted by Crippen LogP contribution is 2.44. The second kappa shape index (κ2) is 7.35. The summed E-state index contributed by atoms with van der Waals surface area (Å²) in [5.41, 5.74) is 1.23. The Morgan fingerprint density at radius 1 is 0.720 bits per heavy atom. The number of hydrogen-bond donors (Lipinski definition) is 0. The maximum absolute atomic E-state index is 6.38. The SMILES string of the molecule is CCC(C)Oc1c2ccccc2c(OC(C)CC)c2cc(C)ccc12. The van der Waals surface area contributed by atoms with Gasteiger partial charge in [-0.3, -0.25) is 0 Å². The van der Waals surface area contributed by atoms with E-state index in [9.17, 15) is 0 Å². The smallest absolute Gasteiger partial charge is 0.135 e. The summed E-state index contributed by atoms with van der Waals surface area (Å²) in [6.07, 6.45) is 2.31. The van der Waals surface area contributed by atoms with Crippen molar-refractivity contribution in [3.8, 4) is 11.5 Å². The van der Waals surface area contributed by atoms with Crippen LogP contribution in [0.5, 0.6) is 11.5 Å². The number of benzene rings is 3. The van der Waals surface area contributed by atoms with Crippen LogP contribution in [0.3, 0.4) is 0 Å². The lowest BCUT2D eigenvalue weighted by Crippen LogP contribution is -2.12. The van der Waals surface area contributed by atoms with E-state index in [0.717, 1.165) is 45.9 Å². The first-order chi connectivity index (χ1) is 12.0. The van der Waals surface area contributed by atoms with Crippen LogP contribution >= 0.6 is 0 Å². The van der Waals surface area contributed by atoms with Crippen LogP contribution in [0.1, 0.15) is 46.1 Å². The first-order valence-electron chi connectivity index (χ1n) is 9.33. The van der Waals surface area contributed by atoms with Crippen LogP contribution in [-0.2, 0) is 0 Å². The van der Waals surface area contributed by atoms with Gasteiger partial charge in [0.2, 0.25) is 0 Å². The first kappa shape index (κ1) is 17.6. The zero-order chi connectivity index (χ0) is 18.0. The van der Waals surface area contributed by atoms with Gasteiger partial charge in [-0.25, -0.2) is 0 Å². The molecule has 25 heavy (non-hydrogen) atoms. The molecule has 2 atom stereocenters. The minimum absolute atomic E-state index is 0.174. The second-order valence-corrected chi connectivity index (χ2v) is 6.93. The highest BCUT2D eigenvalue weighted by molar-refractivity contribution is 6.11. The van der Waals surface area contributed by atoms with Crippen LogP contribution < -0.4 is 9.47 Å². The average Bonchev–Trinajstić information content (AvgIpc) is 2.63. The summed E-state index contributed by atoms with van der Waals surface area (Å²) in [4.78, 5) is 0. The van der Waals surface area contributed by atoms with E-state index in [1.807, 2.05) is 0 Å². The minimum atomic E-state index is 0.174. The normalized spacial score (nSPS) is 13.8. The molecule has 0 aliphatic rings. The van der Waals surface area contributed by atoms with E-state index in [0.29, 0.717) is 0 Å². The maximum atomic E-state index is 6.38. The molecule has 0 spiro atoms. The molecule has 0 aliphatic carbocycles. The van der Waals surface area contributed by atoms with Gasteiger partial charge in [0.25, 0.3) is 0 Å². The summed E-state index contributed by atoms with van der Waals surface area (Å²) < 4.78 is 12.7. The van der Waals surface area contributed by atoms with Gasteiger partial charge in [0, 0.05) is 21.5 Å². The Morgan fingerprint density at radius 2 is 1.20 bits per heavy atom. The van der Waals surface area contributed by atoms with Crippen LogP contribution in [0.2, 0.25) is 0 Å². The molecule has 0 bridgehead atoms. The molecule has 0 amide bonds. The van der Waals surface area contributed by atoms with E-state index < -0.39 is 0 Å². The number of ether oxygens (including phenoxy) is 2. The molecule has 0 heterocycles. The van der Waals surface area contributed by atoms with Gasteiger partial charge < -0.3 is 9.47 Å². The van der Waals surface area contributed by atoms with Gasteiger partial charge in [0.15, 0.2) is 0 Å². The van der Waals surface area contributed by atoms with E-state index in [1.165, 1.54) is 5.56 Å². The van der Waals surface area contributed by atoms with Gasteiger partial charge in [-0.05, 0) is 39.7 Å². The van der Waals surface area contributed by atoms with Gasteiger partial charge in [0.1, 0.15) is 11.5 Å². The molecule has 0 saturated heterocycles. The Kier molecular flexibility index (Phi) is 5.17. The quantitative estimate of drug-likeness (QED) is 0.469. The molecular formula is C23H28O2. The van der Waals surface area contributed by atoms with Crippen molar-refractivity contribution in [2.24, 2.45) is 0 Å². The van der Waals surface area contributed by atoms with Crippen LogP contribution in [0.15, 0.2) is 42.5 Å². The molecule has 0 aromatic heterocycles. The van der Waals surface area contributed by atoms with Crippen molar-refractivity contribution in [1.82, 2.24) is 0 Å². The first-order valence-corrected chi connectivity index (χ1v) is 9.33. The molecule has 0 saturated carbocycles. The Balaban J connectivity index is 2.36. The van der Waals surface area contributed by atoms with Gasteiger partial charge >= 0.3 is 0 Å². The lowest BCUT2D eigenvalue weighted by molar-refractivity contribution is 0.219. The van der Waals surface area contributed by atoms with E-state index in [-0.39, 0.29) is 12.2 Å². The fourth-order valence-corrected chi connectivity index (χ4v) is 3.04. The third-order valence-corrected chi connectivity index (χ3v) is 4.87. The Labute approximate surface area is 150 Å². The molecule has 132 valence electrons. The van der Waals surface area contributed by atoms with Crippen molar-refractivity contribution >= 4 is 21.5 Å². The van der Waals surface area contributed by atoms with Crippen molar-refractivity contribution in [2.75, 3.05) is 0 Å². The highest BCUT2D eigenvalue weighted by Gasteiger charge is 2.18. The summed E-state index contributed by atoms with van der Waals surface area (Å²) in [6, 6.07) is 14.9. The van der Waals surface area contributed by atoms with Gasteiger partial charge in [-0.2, -0.15) is 0 Å². The standard InChI is InChI=1S/C23H28O2/c1-6-16(4)24-22-18-10-8-9-11-19(18)23(25-17(5)7-2)21-14-15(3)12-13-20(21)22/h8-14,16-17H,6-7H2,1-5H3. The molecule has 3 aromatic carbocycles. The van der Waals surface area contributed by atoms with E-state index >= 15 is 0 Å². The Hall–Kier alpha value is -2.22. The predicted octanol–water partition coefficient (Wildman–Crippen LogP) is 6.66. The number of aryl methyl sites for hydroxylation is 1. The van der Waals surface area contributed by atoms with Crippen LogP contribution in [0, 0.1) is 6.92 Å². The van der Waals surface area contributed by atoms with E-state index in [1.54, 1.807) is 0 Å². The lowest BCUT2D eigenvalue weighted by Gasteiger charge is -2.22. The van der Waals surface area contributed by atoms with Crippen LogP contribution in [0.25, 0.3) is 21.5 Å². The van der Waals surface area contributed by atoms with Crippen LogP contribution in [-0.4, -0.2) is 12.2 Å². The molecule has 0 fully saturated rings. The van der Waals surface area contributed by atoms with Crippen molar-refractivity contribution in [2.45, 2.75) is 59.7 Å². The monoisotopic (exact) mass is 336 g/mol. The van der Waals surface area contributed by atoms with Crippen molar-refractivity contribution in [1.29, 1.82) is 0 Å². The van der Waals surface area contributed by atoms with Crippen LogP contribution in [0.4, 0.5) is 0 Å². The molecule has 2 nitrogen and oxygen atoms in total. The highest BCUT2D eigenvalue weighted by atomic mass is 16.5. The van der Waals surface area contributed by atoms with Crippen molar-refractivity contribution < 1.29 is 9.47 Å². The molecule has 3 rings (SSSR count). The summed E-state index contributed by atoms with van der Waals surface area (Å²) in [5, 5.41) is 4.51. The second-order valence-electron chi connectivity index (χ2n) is 6.93. The lowest BCUT2D eigenvalue weighted by atomic mass is 9.98. The molecule has 2 heteroatoms. The summed E-state index contributed by atoms with van der Waals surface area (Å²) in [5.74, 6) is 1.94. The largest absolute Gasteiger partial charge is 0.489 e. The summed E-state index contributed by atoms with van der Waals surface area (Å²) in [6.45, 7) is 10.7. The fraction of sp³-hybridized carbons (Fsp3) is 0.391. The van der Waals surface area contributed by atoms with Gasteiger partial charge in [0.05, 0.1) is 12.2 Å². The fourth-order valence-electron chi connectivity index (χ4n) is 3.04. The molecular weight excluding hydrogens is 308 g/mol. The molecule has 0 radical (unpaired) electrons. The van der Waals surface area contributed by atoms with Crippen molar-refractivity contribution in [3.63, 3.8) is 0 Å². The number of rotatable bonds is 6. The van der Waals surface area contributed by atoms with Crippen molar-refractivity contribution in [3.05, 3.63) is 48.0 Å². The average molecular weight is 336 g/mol. The third kappa shape index (κ3) is 3.44. The van der Waals surface area contributed by atoms with E-state index in [2.05, 4.69) is 77.1 Å². The molecule has 2 unspecified atom stereocenters. The zero-order valence-corrected chi connectivity index (χ0v) is 15.9. The predicted molar refractivity (Wildman–Crippen MR) is 107 cm³/mol. The van der Waals surface area contributed by atoms with Gasteiger partial charge in [-0.15, -0.1) is 0 Å². The Morgan fingerprint density at radius 3 is 1.72 bits per heavy atom. The topological polar surface area (TPSA) is 18.5 Å². The van der Waals surface area contributed by atoms with Gasteiger partial charge in [-0.1, -0.05) is 55.8 Å². The third-order valence-electron chi connectivity index (χ3n) is 4.87.